The van der Waals surface area contributed by atoms with Crippen LogP contribution in [0.15, 0.2) is 6.08 Å². The maximum Gasteiger partial charge on any atom is 0.235 e. The minimum Gasteiger partial charge on any atom is -0.354 e. The van der Waals surface area contributed by atoms with Crippen molar-refractivity contribution < 1.29 is 0 Å². The lowest BCUT2D eigenvalue weighted by Crippen LogP contribution is -2.24. The molecule has 2 heterocycles. The van der Waals surface area contributed by atoms with Crippen molar-refractivity contribution in [1.29, 1.82) is 0 Å². The van der Waals surface area contributed by atoms with E-state index in [1.165, 1.54) is 17.1 Å². The van der Waals surface area contributed by atoms with Crippen LogP contribution in [0.5, 0.6) is 0 Å². The molecule has 0 aliphatic carbocycles. The van der Waals surface area contributed by atoms with Gasteiger partial charge in [-0.15, -0.1) is 0 Å². The Bertz CT molecular complexity index is 358. The van der Waals surface area contributed by atoms with Crippen LogP contribution in [-0.4, -0.2) is 40.9 Å². The standard InChI is InChI=1S/C10H16N4S/c1-3-11-10-12-9(15-13-10)8-5-4-6-14(2)7-8/h5H,3-4,6-7H2,1-2H3,(H,11,13). The summed E-state index contributed by atoms with van der Waals surface area (Å²) in [6.07, 6.45) is 3.39. The van der Waals surface area contributed by atoms with E-state index in [1.807, 2.05) is 6.92 Å². The van der Waals surface area contributed by atoms with Gasteiger partial charge in [0.05, 0.1) is 0 Å². The molecule has 5 heteroatoms. The van der Waals surface area contributed by atoms with Crippen LogP contribution >= 0.6 is 11.5 Å². The van der Waals surface area contributed by atoms with Gasteiger partial charge in [0.1, 0.15) is 5.01 Å². The topological polar surface area (TPSA) is 41.1 Å². The molecule has 1 N–H and O–H groups in total. The zero-order valence-electron chi connectivity index (χ0n) is 9.16. The number of likely N-dealkylation sites (N-methyl/N-ethyl adjacent to an activating group) is 1. The van der Waals surface area contributed by atoms with E-state index in [9.17, 15) is 0 Å². The first-order valence-corrected chi connectivity index (χ1v) is 6.02. The molecule has 0 saturated heterocycles. The minimum absolute atomic E-state index is 0.756. The number of anilines is 1. The molecule has 1 aliphatic heterocycles. The second-order valence-electron chi connectivity index (χ2n) is 3.71. The van der Waals surface area contributed by atoms with Crippen LogP contribution in [0.25, 0.3) is 5.57 Å². The lowest BCUT2D eigenvalue weighted by molar-refractivity contribution is 0.373. The Morgan fingerprint density at radius 3 is 3.20 bits per heavy atom. The molecule has 82 valence electrons. The molecule has 2 rings (SSSR count). The number of hydrogen-bond acceptors (Lipinski definition) is 5. The molecule has 0 spiro atoms. The largest absolute Gasteiger partial charge is 0.354 e. The third-order valence-electron chi connectivity index (χ3n) is 2.38. The number of nitrogens with zero attached hydrogens (tertiary/aromatic N) is 3. The van der Waals surface area contributed by atoms with E-state index in [2.05, 4.69) is 32.7 Å². The Hall–Kier alpha value is -0.940. The van der Waals surface area contributed by atoms with E-state index in [4.69, 9.17) is 0 Å². The van der Waals surface area contributed by atoms with Crippen molar-refractivity contribution in [3.8, 4) is 0 Å². The molecular formula is C10H16N4S. The maximum absolute atomic E-state index is 4.46. The van der Waals surface area contributed by atoms with Gasteiger partial charge in [-0.3, -0.25) is 0 Å². The van der Waals surface area contributed by atoms with Crippen molar-refractivity contribution in [2.45, 2.75) is 13.3 Å². The van der Waals surface area contributed by atoms with Crippen LogP contribution in [0.1, 0.15) is 18.4 Å². The molecule has 0 atom stereocenters. The van der Waals surface area contributed by atoms with Gasteiger partial charge in [-0.25, -0.2) is 4.98 Å². The van der Waals surface area contributed by atoms with Crippen LogP contribution < -0.4 is 5.32 Å². The van der Waals surface area contributed by atoms with Crippen molar-refractivity contribution in [3.05, 3.63) is 11.1 Å². The van der Waals surface area contributed by atoms with Crippen molar-refractivity contribution in [3.63, 3.8) is 0 Å². The highest BCUT2D eigenvalue weighted by atomic mass is 32.1. The zero-order valence-corrected chi connectivity index (χ0v) is 9.97. The van der Waals surface area contributed by atoms with E-state index in [-0.39, 0.29) is 0 Å². The van der Waals surface area contributed by atoms with Crippen molar-refractivity contribution in [2.24, 2.45) is 0 Å². The molecule has 15 heavy (non-hydrogen) atoms. The lowest BCUT2D eigenvalue weighted by Gasteiger charge is -2.21. The third kappa shape index (κ3) is 2.54. The van der Waals surface area contributed by atoms with E-state index in [1.54, 1.807) is 0 Å². The number of rotatable bonds is 3. The first-order chi connectivity index (χ1) is 7.29. The van der Waals surface area contributed by atoms with E-state index >= 15 is 0 Å². The smallest absolute Gasteiger partial charge is 0.235 e. The summed E-state index contributed by atoms with van der Waals surface area (Å²) in [5.74, 6) is 0.756. The second kappa shape index (κ2) is 4.72. The predicted molar refractivity (Wildman–Crippen MR) is 64.2 cm³/mol. The molecule has 0 radical (unpaired) electrons. The molecule has 1 aromatic rings. The summed E-state index contributed by atoms with van der Waals surface area (Å²) < 4.78 is 4.27. The van der Waals surface area contributed by atoms with Gasteiger partial charge in [0.25, 0.3) is 0 Å². The summed E-state index contributed by atoms with van der Waals surface area (Å²) in [6, 6.07) is 0. The fraction of sp³-hybridized carbons (Fsp3) is 0.600. The summed E-state index contributed by atoms with van der Waals surface area (Å²) >= 11 is 1.48. The first kappa shape index (κ1) is 10.6. The quantitative estimate of drug-likeness (QED) is 0.848. The predicted octanol–water partition coefficient (Wildman–Crippen LogP) is 1.69. The van der Waals surface area contributed by atoms with E-state index in [0.29, 0.717) is 0 Å². The summed E-state index contributed by atoms with van der Waals surface area (Å²) in [7, 11) is 2.14. The normalized spacial score (nSPS) is 17.6. The van der Waals surface area contributed by atoms with Gasteiger partial charge < -0.3 is 10.2 Å². The molecule has 1 aromatic heterocycles. The summed E-state index contributed by atoms with van der Waals surface area (Å²) in [5, 5.41) is 4.18. The van der Waals surface area contributed by atoms with Crippen LogP contribution in [0.2, 0.25) is 0 Å². The number of aromatic nitrogens is 2. The SMILES string of the molecule is CCNc1nsc(C2=CCCN(C)C2)n1. The average molecular weight is 224 g/mol. The maximum atomic E-state index is 4.46. The van der Waals surface area contributed by atoms with Crippen LogP contribution in [-0.2, 0) is 0 Å². The van der Waals surface area contributed by atoms with Gasteiger partial charge in [-0.1, -0.05) is 6.08 Å². The molecule has 1 aliphatic rings. The van der Waals surface area contributed by atoms with Crippen molar-refractivity contribution >= 4 is 23.1 Å². The van der Waals surface area contributed by atoms with Gasteiger partial charge in [-0.2, -0.15) is 4.37 Å². The lowest BCUT2D eigenvalue weighted by atomic mass is 10.1. The molecule has 4 nitrogen and oxygen atoms in total. The Morgan fingerprint density at radius 1 is 1.60 bits per heavy atom. The molecule has 0 bridgehead atoms. The molecular weight excluding hydrogens is 208 g/mol. The van der Waals surface area contributed by atoms with Gasteiger partial charge >= 0.3 is 0 Å². The zero-order chi connectivity index (χ0) is 10.7. The number of nitrogens with one attached hydrogen (secondary N) is 1. The Balaban J connectivity index is 2.11. The third-order valence-corrected chi connectivity index (χ3v) is 3.17. The highest BCUT2D eigenvalue weighted by Crippen LogP contribution is 2.22. The first-order valence-electron chi connectivity index (χ1n) is 5.25. The number of hydrogen-bond donors (Lipinski definition) is 1. The Kier molecular flexibility index (Phi) is 3.33. The molecule has 0 saturated carbocycles. The second-order valence-corrected chi connectivity index (χ2v) is 4.46. The minimum atomic E-state index is 0.756. The van der Waals surface area contributed by atoms with E-state index < -0.39 is 0 Å². The Morgan fingerprint density at radius 2 is 2.47 bits per heavy atom. The highest BCUT2D eigenvalue weighted by molar-refractivity contribution is 7.06. The van der Waals surface area contributed by atoms with Gasteiger partial charge in [0.2, 0.25) is 5.95 Å². The van der Waals surface area contributed by atoms with Crippen LogP contribution in [0.3, 0.4) is 0 Å². The van der Waals surface area contributed by atoms with Gasteiger partial charge in [0, 0.05) is 19.6 Å². The summed E-state index contributed by atoms with van der Waals surface area (Å²) in [4.78, 5) is 6.77. The Labute approximate surface area is 94.2 Å². The molecule has 0 aromatic carbocycles. The van der Waals surface area contributed by atoms with Crippen molar-refractivity contribution in [2.75, 3.05) is 32.0 Å². The van der Waals surface area contributed by atoms with Gasteiger partial charge in [-0.05, 0) is 37.5 Å². The highest BCUT2D eigenvalue weighted by Gasteiger charge is 2.14. The summed E-state index contributed by atoms with van der Waals surface area (Å²) in [5.41, 5.74) is 1.31. The summed E-state index contributed by atoms with van der Waals surface area (Å²) in [6.45, 7) is 5.05. The van der Waals surface area contributed by atoms with Gasteiger partial charge in [0.15, 0.2) is 0 Å². The molecule has 0 unspecified atom stereocenters. The van der Waals surface area contributed by atoms with Crippen LogP contribution in [0, 0.1) is 0 Å². The fourth-order valence-corrected chi connectivity index (χ4v) is 2.30. The van der Waals surface area contributed by atoms with E-state index in [0.717, 1.165) is 37.0 Å². The van der Waals surface area contributed by atoms with Crippen LogP contribution in [0.4, 0.5) is 5.95 Å². The molecule has 0 amide bonds. The monoisotopic (exact) mass is 224 g/mol. The average Bonchev–Trinajstić information content (AvgIpc) is 2.67. The fourth-order valence-electron chi connectivity index (χ4n) is 1.63. The molecule has 0 fully saturated rings. The van der Waals surface area contributed by atoms with Crippen molar-refractivity contribution in [1.82, 2.24) is 14.3 Å².